The van der Waals surface area contributed by atoms with Crippen molar-refractivity contribution in [3.05, 3.63) is 62.4 Å². The van der Waals surface area contributed by atoms with Crippen LogP contribution in [0.15, 0.2) is 40.1 Å². The van der Waals surface area contributed by atoms with Crippen molar-refractivity contribution in [2.75, 3.05) is 0 Å². The Labute approximate surface area is 163 Å². The van der Waals surface area contributed by atoms with Crippen LogP contribution in [-0.2, 0) is 25.0 Å². The van der Waals surface area contributed by atoms with Gasteiger partial charge in [0.1, 0.15) is 18.1 Å². The Balaban J connectivity index is 1.48. The summed E-state index contributed by atoms with van der Waals surface area (Å²) in [6, 6.07) is 6.32. The van der Waals surface area contributed by atoms with E-state index in [0.717, 1.165) is 10.6 Å². The van der Waals surface area contributed by atoms with E-state index < -0.39 is 43.9 Å². The molecule has 156 valence electrons. The molecule has 12 heteroatoms. The summed E-state index contributed by atoms with van der Waals surface area (Å²) >= 11 is 0. The number of fused-ring (bicyclic) bond motifs is 1. The summed E-state index contributed by atoms with van der Waals surface area (Å²) in [4.78, 5) is 25.1. The van der Waals surface area contributed by atoms with Crippen molar-refractivity contribution in [2.45, 2.75) is 44.7 Å². The number of rotatable bonds is 4. The summed E-state index contributed by atoms with van der Waals surface area (Å²) < 4.78 is 49.1. The van der Waals surface area contributed by atoms with Gasteiger partial charge in [0, 0.05) is 24.2 Å². The minimum absolute atomic E-state index is 0.0928. The second kappa shape index (κ2) is 7.51. The molecule has 2 N–H and O–H groups in total. The van der Waals surface area contributed by atoms with Crippen LogP contribution in [0.25, 0.3) is 0 Å². The highest BCUT2D eigenvalue weighted by molar-refractivity contribution is 7.49. The fourth-order valence-electron chi connectivity index (χ4n) is 3.22. The van der Waals surface area contributed by atoms with Crippen molar-refractivity contribution < 1.29 is 32.4 Å². The Hall–Kier alpha value is -2.30. The van der Waals surface area contributed by atoms with Gasteiger partial charge in [0.05, 0.1) is 12.7 Å². The third-order valence-electron chi connectivity index (χ3n) is 4.66. The van der Waals surface area contributed by atoms with E-state index in [4.69, 9.17) is 18.3 Å². The number of aliphatic hydroxyl groups excluding tert-OH is 1. The fraction of sp³-hybridized carbons (Fsp3) is 0.412. The maximum Gasteiger partial charge on any atom is 0.533 e. The zero-order chi connectivity index (χ0) is 20.8. The lowest BCUT2D eigenvalue weighted by molar-refractivity contribution is -0.127. The van der Waals surface area contributed by atoms with Crippen LogP contribution in [0.2, 0.25) is 0 Å². The number of aromatic nitrogens is 2. The van der Waals surface area contributed by atoms with Gasteiger partial charge in [0.15, 0.2) is 0 Å². The number of phosphoric ester groups is 1. The minimum atomic E-state index is -4.30. The smallest absolute Gasteiger partial charge is 0.403 e. The van der Waals surface area contributed by atoms with E-state index in [2.05, 4.69) is 0 Å². The molecular formula is C17H18FN2O8P. The summed E-state index contributed by atoms with van der Waals surface area (Å²) in [7, 11) is -4.30. The lowest BCUT2D eigenvalue weighted by Crippen LogP contribution is -2.34. The predicted octanol–water partition coefficient (Wildman–Crippen LogP) is 1.52. The highest BCUT2D eigenvalue weighted by Gasteiger charge is 2.46. The first-order valence-corrected chi connectivity index (χ1v) is 10.2. The van der Waals surface area contributed by atoms with Crippen molar-refractivity contribution in [3.8, 4) is 5.75 Å². The van der Waals surface area contributed by atoms with E-state index >= 15 is 0 Å². The van der Waals surface area contributed by atoms with E-state index in [1.165, 1.54) is 6.20 Å². The molecule has 1 aromatic heterocycles. The number of nitrogens with zero attached hydrogens (tertiary/aromatic N) is 1. The molecule has 0 bridgehead atoms. The Morgan fingerprint density at radius 2 is 2.17 bits per heavy atom. The first-order valence-electron chi connectivity index (χ1n) is 8.76. The molecule has 0 spiro atoms. The quantitative estimate of drug-likeness (QED) is 0.702. The number of nitrogens with one attached hydrogen (secondary N) is 1. The number of hydrogen-bond acceptors (Lipinski definition) is 8. The summed E-state index contributed by atoms with van der Waals surface area (Å²) in [5.41, 5.74) is -0.0522. The number of phosphoric acid groups is 1. The SMILES string of the molecule is Cc1cccc2c1OP(=O)(OC(F)[C@H]1O[C@@H](n3ccc(=O)[nH]c3=O)C[C@@H]1O)OC2. The van der Waals surface area contributed by atoms with Crippen LogP contribution in [0, 0.1) is 6.92 Å². The lowest BCUT2D eigenvalue weighted by Gasteiger charge is -2.28. The van der Waals surface area contributed by atoms with Gasteiger partial charge < -0.3 is 14.4 Å². The number of aliphatic hydroxyl groups is 1. The number of halogens is 1. The number of H-pyrrole nitrogens is 1. The molecule has 0 aliphatic carbocycles. The normalized spacial score (nSPS) is 29.8. The van der Waals surface area contributed by atoms with Gasteiger partial charge in [0.2, 0.25) is 6.36 Å². The second-order valence-electron chi connectivity index (χ2n) is 6.71. The van der Waals surface area contributed by atoms with E-state index in [9.17, 15) is 23.7 Å². The molecular weight excluding hydrogens is 410 g/mol. The van der Waals surface area contributed by atoms with Crippen LogP contribution in [0.4, 0.5) is 4.39 Å². The van der Waals surface area contributed by atoms with E-state index in [1.807, 2.05) is 4.98 Å². The van der Waals surface area contributed by atoms with Crippen LogP contribution in [0.1, 0.15) is 23.8 Å². The third-order valence-corrected chi connectivity index (χ3v) is 5.97. The first-order chi connectivity index (χ1) is 13.8. The maximum absolute atomic E-state index is 14.7. The molecule has 2 unspecified atom stereocenters. The molecule has 2 aliphatic rings. The Bertz CT molecular complexity index is 1090. The van der Waals surface area contributed by atoms with Gasteiger partial charge >= 0.3 is 13.5 Å². The van der Waals surface area contributed by atoms with Gasteiger partial charge in [-0.15, -0.1) is 0 Å². The van der Waals surface area contributed by atoms with Crippen molar-refractivity contribution in [1.29, 1.82) is 0 Å². The molecule has 2 aromatic rings. The number of ether oxygens (including phenoxy) is 1. The summed E-state index contributed by atoms with van der Waals surface area (Å²) in [5, 5.41) is 10.1. The molecule has 1 aromatic carbocycles. The van der Waals surface area contributed by atoms with E-state index in [-0.39, 0.29) is 13.0 Å². The predicted molar refractivity (Wildman–Crippen MR) is 96.0 cm³/mol. The van der Waals surface area contributed by atoms with E-state index in [0.29, 0.717) is 16.9 Å². The minimum Gasteiger partial charge on any atom is -0.403 e. The number of para-hydroxylation sites is 1. The molecule has 10 nitrogen and oxygen atoms in total. The number of benzene rings is 1. The second-order valence-corrected chi connectivity index (χ2v) is 8.25. The highest BCUT2D eigenvalue weighted by atomic mass is 31.2. The zero-order valence-corrected chi connectivity index (χ0v) is 16.1. The topological polar surface area (TPSA) is 129 Å². The summed E-state index contributed by atoms with van der Waals surface area (Å²) in [5.74, 6) is 0.292. The standard InChI is InChI=1S/C17H18FN2O8P/c1-9-3-2-4-10-8-25-29(24,27-14(9)10)28-16(18)15-11(21)7-13(26-15)20-6-5-12(22)19-17(20)23/h2-6,11,13,15-16,21H,7-8H2,1H3,(H,19,22,23)/t11-,13+,15-,16?,29?/m0/s1. The molecule has 4 rings (SSSR count). The van der Waals surface area contributed by atoms with Crippen molar-refractivity contribution in [2.24, 2.45) is 0 Å². The molecule has 1 saturated heterocycles. The van der Waals surface area contributed by atoms with Crippen LogP contribution in [0.5, 0.6) is 5.75 Å². The van der Waals surface area contributed by atoms with Crippen LogP contribution >= 0.6 is 7.82 Å². The molecule has 0 saturated carbocycles. The largest absolute Gasteiger partial charge is 0.533 e. The number of alkyl halides is 1. The maximum atomic E-state index is 14.7. The average Bonchev–Trinajstić information content (AvgIpc) is 3.04. The monoisotopic (exact) mass is 428 g/mol. The molecule has 5 atom stereocenters. The Morgan fingerprint density at radius 3 is 2.93 bits per heavy atom. The van der Waals surface area contributed by atoms with Gasteiger partial charge in [-0.3, -0.25) is 18.9 Å². The van der Waals surface area contributed by atoms with Crippen LogP contribution < -0.4 is 15.8 Å². The molecule has 0 radical (unpaired) electrons. The van der Waals surface area contributed by atoms with Crippen LogP contribution in [0.3, 0.4) is 0 Å². The molecule has 0 amide bonds. The highest BCUT2D eigenvalue weighted by Crippen LogP contribution is 2.56. The van der Waals surface area contributed by atoms with Gasteiger partial charge in [-0.2, -0.15) is 0 Å². The number of hydrogen-bond donors (Lipinski definition) is 2. The van der Waals surface area contributed by atoms with E-state index in [1.54, 1.807) is 25.1 Å². The fourth-order valence-corrected chi connectivity index (χ4v) is 4.52. The van der Waals surface area contributed by atoms with Gasteiger partial charge in [-0.1, -0.05) is 18.2 Å². The Kier molecular flexibility index (Phi) is 5.18. The van der Waals surface area contributed by atoms with Crippen LogP contribution in [-0.4, -0.2) is 33.2 Å². The number of aromatic amines is 1. The average molecular weight is 428 g/mol. The van der Waals surface area contributed by atoms with Gasteiger partial charge in [0.25, 0.3) is 5.56 Å². The van der Waals surface area contributed by atoms with Crippen molar-refractivity contribution in [3.63, 3.8) is 0 Å². The van der Waals surface area contributed by atoms with Crippen molar-refractivity contribution in [1.82, 2.24) is 9.55 Å². The molecule has 3 heterocycles. The zero-order valence-electron chi connectivity index (χ0n) is 15.2. The van der Waals surface area contributed by atoms with Crippen molar-refractivity contribution >= 4 is 7.82 Å². The Morgan fingerprint density at radius 1 is 1.38 bits per heavy atom. The number of aryl methyl sites for hydroxylation is 1. The lowest BCUT2D eigenvalue weighted by atomic mass is 10.1. The first kappa shape index (κ1) is 20.0. The molecule has 29 heavy (non-hydrogen) atoms. The third kappa shape index (κ3) is 3.92. The van der Waals surface area contributed by atoms with Gasteiger partial charge in [-0.25, -0.2) is 18.3 Å². The van der Waals surface area contributed by atoms with Gasteiger partial charge in [-0.05, 0) is 12.5 Å². The summed E-state index contributed by atoms with van der Waals surface area (Å²) in [6.07, 6.45) is -5.28. The summed E-state index contributed by atoms with van der Waals surface area (Å²) in [6.45, 7) is 1.64. The molecule has 2 aliphatic heterocycles. The molecule has 1 fully saturated rings.